The Morgan fingerprint density at radius 1 is 1.35 bits per heavy atom. The first-order valence-electron chi connectivity index (χ1n) is 9.08. The number of aromatic nitrogens is 1. The number of rotatable bonds is 11. The molecule has 1 rings (SSSR count). The van der Waals surface area contributed by atoms with Gasteiger partial charge in [-0.05, 0) is 43.2 Å². The number of nitrogens with two attached hydrogens (primary N) is 2. The van der Waals surface area contributed by atoms with Crippen LogP contribution in [0.2, 0.25) is 0 Å². The van der Waals surface area contributed by atoms with Crippen molar-refractivity contribution in [2.24, 2.45) is 11.5 Å². The van der Waals surface area contributed by atoms with E-state index in [1.165, 1.54) is 0 Å². The van der Waals surface area contributed by atoms with Gasteiger partial charge < -0.3 is 31.6 Å². The van der Waals surface area contributed by atoms with Crippen LogP contribution in [-0.2, 0) is 14.3 Å². The number of nitrogens with one attached hydrogen (secondary N) is 2. The van der Waals surface area contributed by atoms with Gasteiger partial charge in [-0.25, -0.2) is 13.8 Å². The number of carbonyl (C=O) groups excluding carboxylic acids is 2. The van der Waals surface area contributed by atoms with Crippen LogP contribution in [0.15, 0.2) is 42.1 Å². The van der Waals surface area contributed by atoms with Crippen molar-refractivity contribution in [3.63, 3.8) is 0 Å². The third kappa shape index (κ3) is 10.3. The summed E-state index contributed by atoms with van der Waals surface area (Å²) < 4.78 is 54.0. The van der Waals surface area contributed by atoms with Crippen LogP contribution in [0.3, 0.4) is 0 Å². The van der Waals surface area contributed by atoms with E-state index >= 15 is 0 Å². The fourth-order valence-electron chi connectivity index (χ4n) is 1.97. The summed E-state index contributed by atoms with van der Waals surface area (Å²) in [6, 6.07) is 3.12. The second kappa shape index (κ2) is 13.8. The molecule has 0 radical (unpaired) electrons. The Hall–Kier alpha value is -3.31. The lowest BCUT2D eigenvalue weighted by Crippen LogP contribution is -2.33. The van der Waals surface area contributed by atoms with Crippen molar-refractivity contribution in [3.05, 3.63) is 47.6 Å². The molecule has 1 atom stereocenters. The number of halogens is 4. The highest BCUT2D eigenvalue weighted by Crippen LogP contribution is 2.23. The Labute approximate surface area is 180 Å². The van der Waals surface area contributed by atoms with E-state index in [0.29, 0.717) is 5.82 Å². The minimum Gasteiger partial charge on any atom is -0.473 e. The van der Waals surface area contributed by atoms with E-state index in [1.807, 2.05) is 13.7 Å². The summed E-state index contributed by atoms with van der Waals surface area (Å²) in [7, 11) is 0. The van der Waals surface area contributed by atoms with Crippen LogP contribution in [0.4, 0.5) is 23.4 Å². The minimum absolute atomic E-state index is 0. The lowest BCUT2D eigenvalue weighted by Gasteiger charge is -2.16. The van der Waals surface area contributed by atoms with Gasteiger partial charge in [0.25, 0.3) is 5.91 Å². The molecule has 8 nitrogen and oxygen atoms in total. The molecule has 1 aromatic heterocycles. The number of allylic oxidation sites excluding steroid dienone is 2. The zero-order valence-electron chi connectivity index (χ0n) is 17.2. The topological polar surface area (TPSA) is 132 Å². The van der Waals surface area contributed by atoms with E-state index in [-0.39, 0.29) is 8.55 Å². The molecule has 31 heavy (non-hydrogen) atoms. The smallest absolute Gasteiger partial charge is 0.340 e. The summed E-state index contributed by atoms with van der Waals surface area (Å²) in [5.41, 5.74) is 11.4. The van der Waals surface area contributed by atoms with Gasteiger partial charge >= 0.3 is 12.3 Å². The fourth-order valence-corrected chi connectivity index (χ4v) is 1.97. The number of anilines is 1. The van der Waals surface area contributed by atoms with Crippen molar-refractivity contribution in [2.45, 2.75) is 38.7 Å². The molecule has 1 aromatic rings. The van der Waals surface area contributed by atoms with Crippen molar-refractivity contribution in [1.29, 1.82) is 0 Å². The van der Waals surface area contributed by atoms with Gasteiger partial charge in [-0.15, -0.1) is 0 Å². The summed E-state index contributed by atoms with van der Waals surface area (Å²) in [5.74, 6) is -4.90. The molecule has 0 aliphatic heterocycles. The highest BCUT2D eigenvalue weighted by molar-refractivity contribution is 5.93. The molecular formula is C19H31F4N5O3. The van der Waals surface area contributed by atoms with Gasteiger partial charge in [0.15, 0.2) is 12.5 Å². The monoisotopic (exact) mass is 453 g/mol. The first-order chi connectivity index (χ1) is 14.6. The Bertz CT molecular complexity index is 771. The van der Waals surface area contributed by atoms with E-state index < -0.39 is 36.8 Å². The zero-order valence-corrected chi connectivity index (χ0v) is 17.2. The van der Waals surface area contributed by atoms with Gasteiger partial charge in [-0.2, -0.15) is 8.78 Å². The molecule has 1 unspecified atom stereocenters. The van der Waals surface area contributed by atoms with Crippen LogP contribution >= 0.6 is 0 Å². The highest BCUT2D eigenvalue weighted by Gasteiger charge is 2.41. The number of alkyl halides is 4. The lowest BCUT2D eigenvalue weighted by molar-refractivity contribution is -0.158. The molecule has 0 aromatic carbocycles. The lowest BCUT2D eigenvalue weighted by atomic mass is 10.1. The fraction of sp³-hybridized carbons (Fsp3) is 0.421. The predicted octanol–water partition coefficient (Wildman–Crippen LogP) is 2.95. The number of pyridine rings is 1. The Morgan fingerprint density at radius 3 is 2.58 bits per heavy atom. The van der Waals surface area contributed by atoms with E-state index in [4.69, 9.17) is 16.3 Å². The summed E-state index contributed by atoms with van der Waals surface area (Å²) in [5, 5.41) is 5.79. The van der Waals surface area contributed by atoms with Crippen LogP contribution in [0.5, 0.6) is 0 Å². The Kier molecular flexibility index (Phi) is 12.4. The minimum atomic E-state index is -4.34. The maximum absolute atomic E-state index is 12.8. The first kappa shape index (κ1) is 27.7. The molecule has 0 fully saturated rings. The quantitative estimate of drug-likeness (QED) is 0.175. The van der Waals surface area contributed by atoms with E-state index in [2.05, 4.69) is 20.4 Å². The predicted molar refractivity (Wildman–Crippen MR) is 112 cm³/mol. The molecule has 0 saturated carbocycles. The maximum Gasteiger partial charge on any atom is 0.340 e. The SMILES string of the molecule is C=O.CCCNc1cc(C(C)NC(=O)/C(N)=C/C=C(\N)OCC(F)(F)C(F)F)ccn1.[HH].[HH]. The van der Waals surface area contributed by atoms with Crippen molar-refractivity contribution in [3.8, 4) is 0 Å². The second-order valence-electron chi connectivity index (χ2n) is 6.14. The van der Waals surface area contributed by atoms with E-state index in [1.54, 1.807) is 25.3 Å². The van der Waals surface area contributed by atoms with Crippen LogP contribution in [0.1, 0.15) is 34.7 Å². The summed E-state index contributed by atoms with van der Waals surface area (Å²) in [6.07, 6.45) is 0.609. The average Bonchev–Trinajstić information content (AvgIpc) is 2.75. The summed E-state index contributed by atoms with van der Waals surface area (Å²) in [6.45, 7) is 4.92. The summed E-state index contributed by atoms with van der Waals surface area (Å²) >= 11 is 0. The number of hydrogen-bond acceptors (Lipinski definition) is 7. The standard InChI is InChI=1S/C18H25F4N5O2.CH2O.2H2/c1-3-7-25-15-9-12(6-8-26-15)11(2)27-16(28)13(23)4-5-14(24)29-10-18(21,22)17(19)20;1-2;;/h4-6,8-9,11,17H,3,7,10,23-24H2,1-2H3,(H,25,26)(H,27,28);1H2;2*1H/b13-4-,14-5+;;;. The van der Waals surface area contributed by atoms with Crippen LogP contribution in [-0.4, -0.2) is 43.2 Å². The van der Waals surface area contributed by atoms with Crippen LogP contribution < -0.4 is 22.1 Å². The van der Waals surface area contributed by atoms with E-state index in [9.17, 15) is 22.4 Å². The number of carbonyl (C=O) groups is 2. The molecule has 0 bridgehead atoms. The van der Waals surface area contributed by atoms with Crippen molar-refractivity contribution in [2.75, 3.05) is 18.5 Å². The first-order valence-corrected chi connectivity index (χ1v) is 9.08. The highest BCUT2D eigenvalue weighted by atomic mass is 19.3. The third-order valence-corrected chi connectivity index (χ3v) is 3.63. The molecule has 6 N–H and O–H groups in total. The van der Waals surface area contributed by atoms with Gasteiger partial charge in [0.05, 0.1) is 11.7 Å². The van der Waals surface area contributed by atoms with Crippen molar-refractivity contribution in [1.82, 2.24) is 10.3 Å². The largest absolute Gasteiger partial charge is 0.473 e. The number of nitrogens with zero attached hydrogens (tertiary/aromatic N) is 1. The Balaban J connectivity index is -0.00000218. The molecule has 12 heteroatoms. The second-order valence-corrected chi connectivity index (χ2v) is 6.14. The van der Waals surface area contributed by atoms with Crippen molar-refractivity contribution >= 4 is 18.5 Å². The van der Waals surface area contributed by atoms with Gasteiger partial charge in [0.1, 0.15) is 12.6 Å². The van der Waals surface area contributed by atoms with Crippen LogP contribution in [0.25, 0.3) is 0 Å². The van der Waals surface area contributed by atoms with Gasteiger partial charge in [0.2, 0.25) is 0 Å². The molecule has 0 aliphatic carbocycles. The van der Waals surface area contributed by atoms with Gasteiger partial charge in [-0.1, -0.05) is 6.92 Å². The molecule has 178 valence electrons. The molecular weight excluding hydrogens is 422 g/mol. The number of hydrogen-bond donors (Lipinski definition) is 4. The zero-order chi connectivity index (χ0) is 24.0. The summed E-state index contributed by atoms with van der Waals surface area (Å²) in [4.78, 5) is 24.3. The van der Waals surface area contributed by atoms with Crippen molar-refractivity contribution < 1.29 is 34.7 Å². The third-order valence-electron chi connectivity index (χ3n) is 3.63. The maximum atomic E-state index is 12.8. The Morgan fingerprint density at radius 2 is 2.00 bits per heavy atom. The normalized spacial score (nSPS) is 13.1. The molecule has 1 amide bonds. The molecule has 1 heterocycles. The van der Waals surface area contributed by atoms with E-state index in [0.717, 1.165) is 30.7 Å². The molecule has 0 saturated heterocycles. The average molecular weight is 453 g/mol. The van der Waals surface area contributed by atoms with Gasteiger partial charge in [-0.3, -0.25) is 4.79 Å². The van der Waals surface area contributed by atoms with Crippen LogP contribution in [0, 0.1) is 0 Å². The number of ether oxygens (including phenoxy) is 1. The molecule has 0 spiro atoms. The molecule has 0 aliphatic rings. The number of amides is 1. The van der Waals surface area contributed by atoms with Gasteiger partial charge in [0, 0.05) is 15.6 Å².